The molecule has 158 valence electrons. The molecular weight excluding hydrogens is 364 g/mol. The summed E-state index contributed by atoms with van der Waals surface area (Å²) < 4.78 is 7.32. The van der Waals surface area contributed by atoms with Gasteiger partial charge in [-0.05, 0) is 56.0 Å². The Balaban J connectivity index is 1.52. The average molecular weight is 399 g/mol. The molecule has 3 rings (SSSR count). The maximum Gasteiger partial charge on any atom is 0.223 e. The fourth-order valence-corrected chi connectivity index (χ4v) is 4.02. The molecule has 2 aromatic rings. The van der Waals surface area contributed by atoms with Gasteiger partial charge in [0, 0.05) is 50.5 Å². The van der Waals surface area contributed by atoms with E-state index in [0.717, 1.165) is 50.6 Å². The number of aryl methyl sites for hydroxylation is 1. The summed E-state index contributed by atoms with van der Waals surface area (Å²) in [6.07, 6.45) is 1.32. The molecule has 0 radical (unpaired) electrons. The first-order valence-corrected chi connectivity index (χ1v) is 10.6. The SMILES string of the molecule is COc1ccc(N2CCN(C(=O)CCc3c(C)nn(CC(C)C)c3C)CC2)cc1. The number of amides is 1. The van der Waals surface area contributed by atoms with E-state index >= 15 is 0 Å². The first kappa shape index (κ1) is 21.2. The lowest BCUT2D eigenvalue weighted by Gasteiger charge is -2.36. The van der Waals surface area contributed by atoms with Crippen molar-refractivity contribution in [2.45, 2.75) is 47.1 Å². The molecule has 1 aromatic heterocycles. The van der Waals surface area contributed by atoms with Gasteiger partial charge in [0.2, 0.25) is 5.91 Å². The second-order valence-electron chi connectivity index (χ2n) is 8.29. The number of piperazine rings is 1. The van der Waals surface area contributed by atoms with Crippen molar-refractivity contribution in [1.29, 1.82) is 0 Å². The van der Waals surface area contributed by atoms with Crippen LogP contribution in [0.1, 0.15) is 37.2 Å². The van der Waals surface area contributed by atoms with Gasteiger partial charge in [0.05, 0.1) is 12.8 Å². The van der Waals surface area contributed by atoms with E-state index in [0.29, 0.717) is 12.3 Å². The zero-order chi connectivity index (χ0) is 21.0. The van der Waals surface area contributed by atoms with Crippen molar-refractivity contribution in [1.82, 2.24) is 14.7 Å². The third kappa shape index (κ3) is 5.11. The Morgan fingerprint density at radius 2 is 1.76 bits per heavy atom. The van der Waals surface area contributed by atoms with Crippen molar-refractivity contribution in [3.8, 4) is 5.75 Å². The Morgan fingerprint density at radius 1 is 1.10 bits per heavy atom. The van der Waals surface area contributed by atoms with Crippen LogP contribution in [0.25, 0.3) is 0 Å². The summed E-state index contributed by atoms with van der Waals surface area (Å²) in [5.41, 5.74) is 4.67. The molecule has 1 amide bonds. The van der Waals surface area contributed by atoms with E-state index in [2.05, 4.69) is 54.5 Å². The number of ether oxygens (including phenoxy) is 1. The Hall–Kier alpha value is -2.50. The average Bonchev–Trinajstić information content (AvgIpc) is 2.98. The van der Waals surface area contributed by atoms with E-state index < -0.39 is 0 Å². The van der Waals surface area contributed by atoms with Gasteiger partial charge in [-0.25, -0.2) is 0 Å². The standard InChI is InChI=1S/C23H34N4O2/c1-17(2)16-27-19(4)22(18(3)24-27)10-11-23(28)26-14-12-25(13-15-26)20-6-8-21(29-5)9-7-20/h6-9,17H,10-16H2,1-5H3. The summed E-state index contributed by atoms with van der Waals surface area (Å²) in [6, 6.07) is 8.13. The normalized spacial score (nSPS) is 14.6. The van der Waals surface area contributed by atoms with Crippen LogP contribution in [0.5, 0.6) is 5.75 Å². The highest BCUT2D eigenvalue weighted by Gasteiger charge is 2.22. The summed E-state index contributed by atoms with van der Waals surface area (Å²) in [5.74, 6) is 1.67. The number of benzene rings is 1. The lowest BCUT2D eigenvalue weighted by molar-refractivity contribution is -0.131. The van der Waals surface area contributed by atoms with Crippen LogP contribution < -0.4 is 9.64 Å². The van der Waals surface area contributed by atoms with Crippen LogP contribution in [0.15, 0.2) is 24.3 Å². The van der Waals surface area contributed by atoms with Crippen molar-refractivity contribution >= 4 is 11.6 Å². The molecule has 0 unspecified atom stereocenters. The van der Waals surface area contributed by atoms with Gasteiger partial charge in [-0.1, -0.05) is 13.8 Å². The molecule has 0 spiro atoms. The highest BCUT2D eigenvalue weighted by molar-refractivity contribution is 5.77. The Morgan fingerprint density at radius 3 is 2.34 bits per heavy atom. The van der Waals surface area contributed by atoms with Crippen molar-refractivity contribution in [3.05, 3.63) is 41.2 Å². The largest absolute Gasteiger partial charge is 0.497 e. The first-order chi connectivity index (χ1) is 13.9. The molecule has 1 saturated heterocycles. The molecular formula is C23H34N4O2. The molecule has 1 fully saturated rings. The van der Waals surface area contributed by atoms with Gasteiger partial charge in [0.15, 0.2) is 0 Å². The molecule has 1 aromatic carbocycles. The van der Waals surface area contributed by atoms with Crippen LogP contribution in [0.2, 0.25) is 0 Å². The fraction of sp³-hybridized carbons (Fsp3) is 0.565. The number of aromatic nitrogens is 2. The number of anilines is 1. The monoisotopic (exact) mass is 398 g/mol. The number of carbonyl (C=O) groups is 1. The van der Waals surface area contributed by atoms with Crippen LogP contribution in [0, 0.1) is 19.8 Å². The van der Waals surface area contributed by atoms with Crippen LogP contribution in [0.3, 0.4) is 0 Å². The fourth-order valence-electron chi connectivity index (χ4n) is 4.02. The predicted octanol–water partition coefficient (Wildman–Crippen LogP) is 3.45. The van der Waals surface area contributed by atoms with Gasteiger partial charge in [0.25, 0.3) is 0 Å². The molecule has 1 aliphatic heterocycles. The third-order valence-electron chi connectivity index (χ3n) is 5.73. The van der Waals surface area contributed by atoms with Crippen molar-refractivity contribution in [2.24, 2.45) is 5.92 Å². The van der Waals surface area contributed by atoms with E-state index in [1.165, 1.54) is 16.9 Å². The van der Waals surface area contributed by atoms with E-state index in [-0.39, 0.29) is 5.91 Å². The minimum Gasteiger partial charge on any atom is -0.497 e. The van der Waals surface area contributed by atoms with Crippen LogP contribution in [-0.2, 0) is 17.8 Å². The van der Waals surface area contributed by atoms with Crippen molar-refractivity contribution < 1.29 is 9.53 Å². The first-order valence-electron chi connectivity index (χ1n) is 10.6. The molecule has 6 heteroatoms. The second-order valence-corrected chi connectivity index (χ2v) is 8.29. The Labute approximate surface area is 174 Å². The lowest BCUT2D eigenvalue weighted by atomic mass is 10.1. The predicted molar refractivity (Wildman–Crippen MR) is 117 cm³/mol. The summed E-state index contributed by atoms with van der Waals surface area (Å²) in [4.78, 5) is 17.1. The molecule has 2 heterocycles. The number of hydrogen-bond acceptors (Lipinski definition) is 4. The Kier molecular flexibility index (Phi) is 6.83. The number of nitrogens with zero attached hydrogens (tertiary/aromatic N) is 4. The van der Waals surface area contributed by atoms with Crippen LogP contribution in [-0.4, -0.2) is 53.9 Å². The molecule has 0 atom stereocenters. The van der Waals surface area contributed by atoms with Crippen molar-refractivity contribution in [3.63, 3.8) is 0 Å². The summed E-state index contributed by atoms with van der Waals surface area (Å²) in [5, 5.41) is 4.67. The summed E-state index contributed by atoms with van der Waals surface area (Å²) >= 11 is 0. The van der Waals surface area contributed by atoms with Crippen LogP contribution in [0.4, 0.5) is 5.69 Å². The van der Waals surface area contributed by atoms with Crippen molar-refractivity contribution in [2.75, 3.05) is 38.2 Å². The van der Waals surface area contributed by atoms with Gasteiger partial charge >= 0.3 is 0 Å². The van der Waals surface area contributed by atoms with E-state index in [4.69, 9.17) is 4.74 Å². The van der Waals surface area contributed by atoms with Gasteiger partial charge in [-0.2, -0.15) is 5.10 Å². The minimum atomic E-state index is 0.245. The molecule has 0 N–H and O–H groups in total. The summed E-state index contributed by atoms with van der Waals surface area (Å²) in [7, 11) is 1.68. The maximum atomic E-state index is 12.8. The molecule has 0 aliphatic carbocycles. The zero-order valence-electron chi connectivity index (χ0n) is 18.4. The Bertz CT molecular complexity index is 818. The quantitative estimate of drug-likeness (QED) is 0.717. The smallest absolute Gasteiger partial charge is 0.223 e. The number of hydrogen-bond donors (Lipinski definition) is 0. The molecule has 0 bridgehead atoms. The van der Waals surface area contributed by atoms with E-state index in [1.54, 1.807) is 7.11 Å². The van der Waals surface area contributed by atoms with Gasteiger partial charge < -0.3 is 14.5 Å². The number of carbonyl (C=O) groups excluding carboxylic acids is 1. The number of methoxy groups -OCH3 is 1. The number of rotatable bonds is 7. The molecule has 6 nitrogen and oxygen atoms in total. The van der Waals surface area contributed by atoms with E-state index in [1.807, 2.05) is 17.0 Å². The molecule has 0 saturated carbocycles. The molecule has 29 heavy (non-hydrogen) atoms. The second kappa shape index (κ2) is 9.33. The maximum absolute atomic E-state index is 12.8. The summed E-state index contributed by atoms with van der Waals surface area (Å²) in [6.45, 7) is 12.8. The third-order valence-corrected chi connectivity index (χ3v) is 5.73. The minimum absolute atomic E-state index is 0.245. The molecule has 1 aliphatic rings. The highest BCUT2D eigenvalue weighted by Crippen LogP contribution is 2.21. The lowest BCUT2D eigenvalue weighted by Crippen LogP contribution is -2.48. The van der Waals surface area contributed by atoms with Gasteiger partial charge in [-0.15, -0.1) is 0 Å². The zero-order valence-corrected chi connectivity index (χ0v) is 18.4. The topological polar surface area (TPSA) is 50.6 Å². The van der Waals surface area contributed by atoms with E-state index in [9.17, 15) is 4.79 Å². The van der Waals surface area contributed by atoms with Gasteiger partial charge in [0.1, 0.15) is 5.75 Å². The van der Waals surface area contributed by atoms with Gasteiger partial charge in [-0.3, -0.25) is 9.48 Å². The van der Waals surface area contributed by atoms with Crippen LogP contribution >= 0.6 is 0 Å². The highest BCUT2D eigenvalue weighted by atomic mass is 16.5.